The molecule has 0 aliphatic rings. The van der Waals surface area contributed by atoms with Crippen molar-refractivity contribution in [2.45, 2.75) is 53.2 Å². The molecule has 26 heavy (non-hydrogen) atoms. The smallest absolute Gasteiger partial charge is 0.242 e. The van der Waals surface area contributed by atoms with Gasteiger partial charge in [-0.05, 0) is 42.8 Å². The Morgan fingerprint density at radius 2 is 1.81 bits per heavy atom. The van der Waals surface area contributed by atoms with E-state index < -0.39 is 0 Å². The molecule has 0 N–H and O–H groups in total. The van der Waals surface area contributed by atoms with E-state index in [4.69, 9.17) is 0 Å². The number of thiophene rings is 1. The van der Waals surface area contributed by atoms with Crippen LogP contribution in [0.5, 0.6) is 0 Å². The number of hydrogen-bond acceptors (Lipinski definition) is 3. The van der Waals surface area contributed by atoms with Crippen LogP contribution in [-0.2, 0) is 22.7 Å². The summed E-state index contributed by atoms with van der Waals surface area (Å²) in [4.78, 5) is 29.8. The highest BCUT2D eigenvalue weighted by molar-refractivity contribution is 7.10. The van der Waals surface area contributed by atoms with E-state index in [-0.39, 0.29) is 24.4 Å². The maximum atomic E-state index is 13.1. The van der Waals surface area contributed by atoms with Gasteiger partial charge in [-0.2, -0.15) is 0 Å². The van der Waals surface area contributed by atoms with E-state index in [9.17, 15) is 9.59 Å². The minimum atomic E-state index is -0.0559. The van der Waals surface area contributed by atoms with Crippen molar-refractivity contribution in [3.63, 3.8) is 0 Å². The average Bonchev–Trinajstić information content (AvgIpc) is 3.03. The molecule has 1 aromatic heterocycles. The van der Waals surface area contributed by atoms with Crippen molar-refractivity contribution in [1.29, 1.82) is 0 Å². The number of carbonyl (C=O) groups excluding carboxylic acids is 2. The minimum absolute atomic E-state index is 0.0165. The molecule has 0 radical (unpaired) electrons. The number of nitrogens with zero attached hydrogens (tertiary/aromatic N) is 2. The largest absolute Gasteiger partial charge is 0.332 e. The maximum Gasteiger partial charge on any atom is 0.242 e. The van der Waals surface area contributed by atoms with Crippen LogP contribution in [0.2, 0.25) is 0 Å². The van der Waals surface area contributed by atoms with Crippen LogP contribution in [0, 0.1) is 6.92 Å². The van der Waals surface area contributed by atoms with Gasteiger partial charge in [0.25, 0.3) is 0 Å². The van der Waals surface area contributed by atoms with Gasteiger partial charge in [0.15, 0.2) is 0 Å². The zero-order valence-electron chi connectivity index (χ0n) is 16.1. The Kier molecular flexibility index (Phi) is 7.39. The van der Waals surface area contributed by atoms with Crippen LogP contribution in [0.4, 0.5) is 0 Å². The second kappa shape index (κ2) is 9.53. The lowest BCUT2D eigenvalue weighted by atomic mass is 10.2. The summed E-state index contributed by atoms with van der Waals surface area (Å²) in [5.74, 6) is -0.0724. The molecule has 0 spiro atoms. The molecular weight excluding hydrogens is 344 g/mol. The zero-order valence-corrected chi connectivity index (χ0v) is 16.9. The molecule has 0 bridgehead atoms. The fourth-order valence-electron chi connectivity index (χ4n) is 2.82. The summed E-state index contributed by atoms with van der Waals surface area (Å²) in [6.07, 6.45) is 0.829. The molecule has 0 aliphatic carbocycles. The lowest BCUT2D eigenvalue weighted by Gasteiger charge is -2.30. The minimum Gasteiger partial charge on any atom is -0.332 e. The number of benzene rings is 1. The monoisotopic (exact) mass is 372 g/mol. The van der Waals surface area contributed by atoms with Gasteiger partial charge in [0.05, 0.1) is 13.1 Å². The molecule has 2 rings (SSSR count). The number of rotatable bonds is 8. The molecule has 0 aliphatic heterocycles. The lowest BCUT2D eigenvalue weighted by Crippen LogP contribution is -2.45. The molecule has 140 valence electrons. The Bertz CT molecular complexity index is 727. The summed E-state index contributed by atoms with van der Waals surface area (Å²) >= 11 is 1.67. The topological polar surface area (TPSA) is 40.6 Å². The van der Waals surface area contributed by atoms with Crippen molar-refractivity contribution in [2.24, 2.45) is 0 Å². The summed E-state index contributed by atoms with van der Waals surface area (Å²) in [5, 5.41) is 2.05. The Labute approximate surface area is 160 Å². The first-order valence-electron chi connectivity index (χ1n) is 9.04. The van der Waals surface area contributed by atoms with Gasteiger partial charge in [0, 0.05) is 24.4 Å². The number of carbonyl (C=O) groups is 2. The van der Waals surface area contributed by atoms with Crippen molar-refractivity contribution in [2.75, 3.05) is 6.54 Å². The van der Waals surface area contributed by atoms with Crippen molar-refractivity contribution >= 4 is 23.2 Å². The van der Waals surface area contributed by atoms with E-state index in [1.54, 1.807) is 16.2 Å². The van der Waals surface area contributed by atoms with Crippen molar-refractivity contribution in [3.05, 3.63) is 57.8 Å². The normalized spacial score (nSPS) is 11.8. The summed E-state index contributed by atoms with van der Waals surface area (Å²) < 4.78 is 0. The van der Waals surface area contributed by atoms with Gasteiger partial charge in [-0.25, -0.2) is 0 Å². The predicted octanol–water partition coefficient (Wildman–Crippen LogP) is 4.23. The van der Waals surface area contributed by atoms with Gasteiger partial charge in [-0.1, -0.05) is 37.3 Å². The van der Waals surface area contributed by atoms with E-state index in [1.807, 2.05) is 49.1 Å². The van der Waals surface area contributed by atoms with E-state index in [0.717, 1.165) is 12.0 Å². The number of hydrogen-bond donors (Lipinski definition) is 0. The lowest BCUT2D eigenvalue weighted by molar-refractivity contribution is -0.141. The molecule has 0 saturated heterocycles. The van der Waals surface area contributed by atoms with Gasteiger partial charge in [-0.3, -0.25) is 9.59 Å². The molecule has 2 amide bonds. The Morgan fingerprint density at radius 3 is 2.35 bits per heavy atom. The first-order chi connectivity index (χ1) is 12.4. The molecule has 4 nitrogen and oxygen atoms in total. The molecule has 1 atom stereocenters. The second-order valence-electron chi connectivity index (χ2n) is 6.67. The van der Waals surface area contributed by atoms with Crippen LogP contribution in [0.3, 0.4) is 0 Å². The highest BCUT2D eigenvalue weighted by Gasteiger charge is 2.23. The van der Waals surface area contributed by atoms with E-state index >= 15 is 0 Å². The van der Waals surface area contributed by atoms with Crippen molar-refractivity contribution < 1.29 is 9.59 Å². The average molecular weight is 373 g/mol. The van der Waals surface area contributed by atoms with Gasteiger partial charge >= 0.3 is 0 Å². The summed E-state index contributed by atoms with van der Waals surface area (Å²) in [7, 11) is 0. The zero-order chi connectivity index (χ0) is 19.1. The molecule has 5 heteroatoms. The second-order valence-corrected chi connectivity index (χ2v) is 7.67. The van der Waals surface area contributed by atoms with Gasteiger partial charge in [-0.15, -0.1) is 11.3 Å². The van der Waals surface area contributed by atoms with Crippen LogP contribution in [0.25, 0.3) is 0 Å². The Morgan fingerprint density at radius 1 is 1.12 bits per heavy atom. The van der Waals surface area contributed by atoms with E-state index in [1.165, 1.54) is 17.4 Å². The number of aryl methyl sites for hydroxylation is 1. The van der Waals surface area contributed by atoms with Gasteiger partial charge in [0.2, 0.25) is 11.8 Å². The predicted molar refractivity (Wildman–Crippen MR) is 107 cm³/mol. The van der Waals surface area contributed by atoms with Crippen molar-refractivity contribution in [1.82, 2.24) is 9.80 Å². The Hall–Kier alpha value is -2.14. The third-order valence-electron chi connectivity index (χ3n) is 4.70. The van der Waals surface area contributed by atoms with E-state index in [0.29, 0.717) is 13.1 Å². The summed E-state index contributed by atoms with van der Waals surface area (Å²) in [5.41, 5.74) is 2.29. The number of amides is 2. The Balaban J connectivity index is 2.19. The maximum absolute atomic E-state index is 13.1. The highest BCUT2D eigenvalue weighted by Crippen LogP contribution is 2.20. The molecular formula is C21H28N2O2S. The first-order valence-corrected chi connectivity index (χ1v) is 9.92. The molecule has 0 fully saturated rings. The molecule has 1 heterocycles. The summed E-state index contributed by atoms with van der Waals surface area (Å²) in [6.45, 7) is 8.86. The summed E-state index contributed by atoms with van der Waals surface area (Å²) in [6, 6.07) is 12.1. The SMILES string of the molecule is CC[C@@H](C)N(CC(=O)N(Cc1ccccc1)Cc1sccc1C)C(C)=O. The van der Waals surface area contributed by atoms with E-state index in [2.05, 4.69) is 18.4 Å². The first kappa shape index (κ1) is 20.2. The fraction of sp³-hybridized carbons (Fsp3) is 0.429. The van der Waals surface area contributed by atoms with Crippen molar-refractivity contribution in [3.8, 4) is 0 Å². The third-order valence-corrected chi connectivity index (χ3v) is 5.71. The molecule has 1 aromatic carbocycles. The van der Waals surface area contributed by atoms with Gasteiger partial charge in [0.1, 0.15) is 0 Å². The van der Waals surface area contributed by atoms with Crippen LogP contribution < -0.4 is 0 Å². The van der Waals surface area contributed by atoms with Crippen LogP contribution >= 0.6 is 11.3 Å². The van der Waals surface area contributed by atoms with Crippen LogP contribution in [-0.4, -0.2) is 34.2 Å². The fourth-order valence-corrected chi connectivity index (χ4v) is 3.74. The molecule has 0 saturated carbocycles. The standard InChI is InChI=1S/C21H28N2O2S/c1-5-17(3)23(18(4)24)15-21(25)22(13-19-9-7-6-8-10-19)14-20-16(2)11-12-26-20/h6-12,17H,5,13-15H2,1-4H3/t17-/m1/s1. The molecule has 0 unspecified atom stereocenters. The third kappa shape index (κ3) is 5.43. The quantitative estimate of drug-likeness (QED) is 0.696. The van der Waals surface area contributed by atoms with Crippen LogP contribution in [0.15, 0.2) is 41.8 Å². The highest BCUT2D eigenvalue weighted by atomic mass is 32.1. The molecule has 2 aromatic rings. The van der Waals surface area contributed by atoms with Gasteiger partial charge < -0.3 is 9.80 Å². The van der Waals surface area contributed by atoms with Crippen LogP contribution in [0.1, 0.15) is 43.2 Å².